The van der Waals surface area contributed by atoms with Gasteiger partial charge in [-0.15, -0.1) is 0 Å². The Hall–Kier alpha value is -1.20. The number of halogens is 1. The number of aromatic nitrogens is 2. The Balaban J connectivity index is 2.32. The van der Waals surface area contributed by atoms with Gasteiger partial charge >= 0.3 is 0 Å². The zero-order valence-electron chi connectivity index (χ0n) is 10.9. The first-order chi connectivity index (χ1) is 8.58. The Bertz CT molecular complexity index is 542. The van der Waals surface area contributed by atoms with E-state index in [1.165, 1.54) is 0 Å². The fraction of sp³-hybridized carbons (Fsp3) is 0.385. The average molecular weight is 309 g/mol. The summed E-state index contributed by atoms with van der Waals surface area (Å²) in [7, 11) is 6.24. The van der Waals surface area contributed by atoms with Crippen molar-refractivity contribution in [3.63, 3.8) is 0 Å². The molecular weight excluding hydrogens is 292 g/mol. The molecule has 0 saturated carbocycles. The average Bonchev–Trinajstić information content (AvgIpc) is 2.34. The molecule has 96 valence electrons. The van der Waals surface area contributed by atoms with Crippen molar-refractivity contribution in [3.05, 3.63) is 29.0 Å². The van der Waals surface area contributed by atoms with Gasteiger partial charge in [-0.05, 0) is 42.2 Å². The molecular formula is C13H17BrN4. The highest BCUT2D eigenvalue weighted by molar-refractivity contribution is 9.10. The summed E-state index contributed by atoms with van der Waals surface area (Å²) in [6, 6.07) is 4.00. The molecule has 0 radical (unpaired) electrons. The molecule has 0 N–H and O–H groups in total. The summed E-state index contributed by atoms with van der Waals surface area (Å²) in [4.78, 5) is 13.2. The van der Waals surface area contributed by atoms with Gasteiger partial charge in [0.05, 0.1) is 11.2 Å². The van der Waals surface area contributed by atoms with E-state index in [4.69, 9.17) is 0 Å². The summed E-state index contributed by atoms with van der Waals surface area (Å²) >= 11 is 3.42. The molecule has 2 aromatic heterocycles. The molecule has 0 aromatic carbocycles. The summed E-state index contributed by atoms with van der Waals surface area (Å²) in [5, 5.41) is 0. The van der Waals surface area contributed by atoms with Crippen molar-refractivity contribution in [2.24, 2.45) is 0 Å². The SMILES string of the molecule is CN(C)CCN(C)c1ccnc2cc(Br)cnc12. The number of hydrogen-bond donors (Lipinski definition) is 0. The number of rotatable bonds is 4. The van der Waals surface area contributed by atoms with Crippen molar-refractivity contribution in [2.75, 3.05) is 39.1 Å². The van der Waals surface area contributed by atoms with E-state index in [2.05, 4.69) is 56.8 Å². The zero-order valence-corrected chi connectivity index (χ0v) is 12.5. The second-order valence-electron chi connectivity index (χ2n) is 4.58. The standard InChI is InChI=1S/C13H17BrN4/c1-17(2)6-7-18(3)12-4-5-15-11-8-10(14)9-16-13(11)12/h4-5,8-9H,6-7H2,1-3H3. The number of nitrogens with zero attached hydrogens (tertiary/aromatic N) is 4. The molecule has 0 unspecified atom stereocenters. The first kappa shape index (κ1) is 13.2. The maximum atomic E-state index is 4.46. The lowest BCUT2D eigenvalue weighted by molar-refractivity contribution is 0.416. The van der Waals surface area contributed by atoms with E-state index in [9.17, 15) is 0 Å². The van der Waals surface area contributed by atoms with Crippen molar-refractivity contribution in [2.45, 2.75) is 0 Å². The zero-order chi connectivity index (χ0) is 13.1. The minimum Gasteiger partial charge on any atom is -0.371 e. The second-order valence-corrected chi connectivity index (χ2v) is 5.49. The van der Waals surface area contributed by atoms with Gasteiger partial charge in [-0.1, -0.05) is 0 Å². The van der Waals surface area contributed by atoms with Crippen LogP contribution in [0.1, 0.15) is 0 Å². The van der Waals surface area contributed by atoms with Crippen LogP contribution < -0.4 is 4.90 Å². The van der Waals surface area contributed by atoms with E-state index >= 15 is 0 Å². The van der Waals surface area contributed by atoms with Gasteiger partial charge in [-0.3, -0.25) is 9.97 Å². The third-order valence-corrected chi connectivity index (χ3v) is 3.25. The molecule has 0 atom stereocenters. The Kier molecular flexibility index (Phi) is 4.14. The highest BCUT2D eigenvalue weighted by atomic mass is 79.9. The third-order valence-electron chi connectivity index (χ3n) is 2.82. The smallest absolute Gasteiger partial charge is 0.112 e. The van der Waals surface area contributed by atoms with Crippen LogP contribution in [-0.4, -0.2) is 49.1 Å². The molecule has 0 aliphatic rings. The molecule has 0 spiro atoms. The van der Waals surface area contributed by atoms with Crippen LogP contribution in [0.5, 0.6) is 0 Å². The van der Waals surface area contributed by atoms with Gasteiger partial charge in [-0.2, -0.15) is 0 Å². The van der Waals surface area contributed by atoms with Gasteiger partial charge in [0.1, 0.15) is 5.52 Å². The van der Waals surface area contributed by atoms with Crippen molar-refractivity contribution < 1.29 is 0 Å². The minimum absolute atomic E-state index is 0.915. The van der Waals surface area contributed by atoms with Crippen LogP contribution in [0, 0.1) is 0 Å². The van der Waals surface area contributed by atoms with Crippen LogP contribution in [0.2, 0.25) is 0 Å². The van der Waals surface area contributed by atoms with E-state index in [0.717, 1.165) is 34.3 Å². The first-order valence-electron chi connectivity index (χ1n) is 5.84. The minimum atomic E-state index is 0.915. The maximum Gasteiger partial charge on any atom is 0.112 e. The number of fused-ring (bicyclic) bond motifs is 1. The maximum absolute atomic E-state index is 4.46. The van der Waals surface area contributed by atoms with Gasteiger partial charge < -0.3 is 9.80 Å². The van der Waals surface area contributed by atoms with Crippen molar-refractivity contribution in [3.8, 4) is 0 Å². The number of pyridine rings is 2. The fourth-order valence-corrected chi connectivity index (χ4v) is 2.09. The molecule has 0 amide bonds. The van der Waals surface area contributed by atoms with E-state index in [1.807, 2.05) is 24.5 Å². The lowest BCUT2D eigenvalue weighted by Crippen LogP contribution is -2.28. The molecule has 0 fully saturated rings. The molecule has 2 heterocycles. The molecule has 18 heavy (non-hydrogen) atoms. The summed E-state index contributed by atoms with van der Waals surface area (Å²) in [5.74, 6) is 0. The Morgan fingerprint density at radius 2 is 1.94 bits per heavy atom. The molecule has 5 heteroatoms. The Morgan fingerprint density at radius 3 is 2.67 bits per heavy atom. The van der Waals surface area contributed by atoms with Gasteiger partial charge in [0.2, 0.25) is 0 Å². The van der Waals surface area contributed by atoms with Crippen LogP contribution in [0.25, 0.3) is 11.0 Å². The van der Waals surface area contributed by atoms with Gasteiger partial charge in [0.25, 0.3) is 0 Å². The molecule has 0 aliphatic heterocycles. The highest BCUT2D eigenvalue weighted by Gasteiger charge is 2.08. The number of hydrogen-bond acceptors (Lipinski definition) is 4. The molecule has 0 aliphatic carbocycles. The second kappa shape index (κ2) is 5.63. The van der Waals surface area contributed by atoms with E-state index in [0.29, 0.717) is 0 Å². The Labute approximate surface area is 116 Å². The van der Waals surface area contributed by atoms with Crippen LogP contribution >= 0.6 is 15.9 Å². The lowest BCUT2D eigenvalue weighted by atomic mass is 10.2. The van der Waals surface area contributed by atoms with E-state index in [-0.39, 0.29) is 0 Å². The molecule has 0 saturated heterocycles. The third kappa shape index (κ3) is 2.97. The molecule has 0 bridgehead atoms. The normalized spacial score (nSPS) is 11.2. The van der Waals surface area contributed by atoms with Crippen LogP contribution in [-0.2, 0) is 0 Å². The van der Waals surface area contributed by atoms with Crippen LogP contribution in [0.3, 0.4) is 0 Å². The quantitative estimate of drug-likeness (QED) is 0.868. The van der Waals surface area contributed by atoms with E-state index < -0.39 is 0 Å². The highest BCUT2D eigenvalue weighted by Crippen LogP contribution is 2.24. The van der Waals surface area contributed by atoms with Crippen molar-refractivity contribution >= 4 is 32.7 Å². The van der Waals surface area contributed by atoms with Crippen LogP contribution in [0.4, 0.5) is 5.69 Å². The topological polar surface area (TPSA) is 32.3 Å². The van der Waals surface area contributed by atoms with Gasteiger partial charge in [-0.25, -0.2) is 0 Å². The summed E-state index contributed by atoms with van der Waals surface area (Å²) in [6.45, 7) is 1.97. The summed E-state index contributed by atoms with van der Waals surface area (Å²) < 4.78 is 0.954. The molecule has 4 nitrogen and oxygen atoms in total. The number of anilines is 1. The lowest BCUT2D eigenvalue weighted by Gasteiger charge is -2.22. The fourth-order valence-electron chi connectivity index (χ4n) is 1.77. The molecule has 2 rings (SSSR count). The predicted molar refractivity (Wildman–Crippen MR) is 79.1 cm³/mol. The number of likely N-dealkylation sites (N-methyl/N-ethyl adjacent to an activating group) is 2. The summed E-state index contributed by atoms with van der Waals surface area (Å²) in [5.41, 5.74) is 2.98. The monoisotopic (exact) mass is 308 g/mol. The van der Waals surface area contributed by atoms with Crippen molar-refractivity contribution in [1.29, 1.82) is 0 Å². The Morgan fingerprint density at radius 1 is 1.17 bits per heavy atom. The van der Waals surface area contributed by atoms with Gasteiger partial charge in [0.15, 0.2) is 0 Å². The predicted octanol–water partition coefficient (Wildman–Crippen LogP) is 2.39. The molecule has 2 aromatic rings. The van der Waals surface area contributed by atoms with Crippen molar-refractivity contribution in [1.82, 2.24) is 14.9 Å². The first-order valence-corrected chi connectivity index (χ1v) is 6.63. The summed E-state index contributed by atoms with van der Waals surface area (Å²) in [6.07, 6.45) is 3.64. The largest absolute Gasteiger partial charge is 0.371 e. The van der Waals surface area contributed by atoms with E-state index in [1.54, 1.807) is 0 Å². The van der Waals surface area contributed by atoms with Gasteiger partial charge in [0, 0.05) is 37.0 Å². The van der Waals surface area contributed by atoms with Crippen LogP contribution in [0.15, 0.2) is 29.0 Å².